The number of nitrogens with zero attached hydrogens (tertiary/aromatic N) is 1. The zero-order valence-corrected chi connectivity index (χ0v) is 14.8. The molecule has 0 spiro atoms. The molecular formula is C17H18BrN3O3. The molecular weight excluding hydrogens is 374 g/mol. The number of carbonyl (C=O) groups excluding carboxylic acids is 2. The van der Waals surface area contributed by atoms with E-state index in [0.29, 0.717) is 13.0 Å². The lowest BCUT2D eigenvalue weighted by Crippen LogP contribution is -2.68. The third-order valence-electron chi connectivity index (χ3n) is 4.73. The van der Waals surface area contributed by atoms with Crippen molar-refractivity contribution in [2.24, 2.45) is 0 Å². The van der Waals surface area contributed by atoms with Crippen molar-refractivity contribution in [2.75, 3.05) is 13.2 Å². The van der Waals surface area contributed by atoms with E-state index in [1.807, 2.05) is 31.3 Å². The van der Waals surface area contributed by atoms with Crippen molar-refractivity contribution in [1.82, 2.24) is 15.2 Å². The molecule has 7 heteroatoms. The summed E-state index contributed by atoms with van der Waals surface area (Å²) < 4.78 is 6.49. The van der Waals surface area contributed by atoms with Crippen LogP contribution < -0.4 is 5.32 Å². The highest BCUT2D eigenvalue weighted by molar-refractivity contribution is 9.10. The predicted octanol–water partition coefficient (Wildman–Crippen LogP) is 1.59. The van der Waals surface area contributed by atoms with E-state index in [1.165, 1.54) is 0 Å². The smallest absolute Gasteiger partial charge is 0.246 e. The van der Waals surface area contributed by atoms with Crippen molar-refractivity contribution in [1.29, 1.82) is 0 Å². The van der Waals surface area contributed by atoms with Crippen LogP contribution in [0.2, 0.25) is 0 Å². The number of hydrogen-bond acceptors (Lipinski definition) is 3. The fourth-order valence-corrected chi connectivity index (χ4v) is 4.14. The van der Waals surface area contributed by atoms with Crippen LogP contribution in [0.5, 0.6) is 0 Å². The highest BCUT2D eigenvalue weighted by Gasteiger charge is 2.43. The Hall–Kier alpha value is -1.86. The minimum atomic E-state index is -0.537. The molecule has 6 nitrogen and oxygen atoms in total. The molecule has 2 aromatic rings. The average molecular weight is 392 g/mol. The van der Waals surface area contributed by atoms with Crippen LogP contribution in [-0.2, 0) is 20.7 Å². The number of rotatable bonds is 2. The van der Waals surface area contributed by atoms with Crippen molar-refractivity contribution in [3.63, 3.8) is 0 Å². The van der Waals surface area contributed by atoms with Crippen LogP contribution in [0, 0.1) is 0 Å². The Balaban J connectivity index is 1.62. The molecule has 2 amide bonds. The van der Waals surface area contributed by atoms with Gasteiger partial charge in [-0.2, -0.15) is 0 Å². The molecule has 1 aromatic carbocycles. The summed E-state index contributed by atoms with van der Waals surface area (Å²) in [7, 11) is 0. The molecule has 126 valence electrons. The van der Waals surface area contributed by atoms with Gasteiger partial charge in [0.05, 0.1) is 12.7 Å². The molecule has 4 rings (SSSR count). The number of fused-ring (bicyclic) bond motifs is 2. The highest BCUT2D eigenvalue weighted by atomic mass is 79.9. The number of nitrogens with one attached hydrogen (secondary N) is 2. The molecule has 0 bridgehead atoms. The van der Waals surface area contributed by atoms with E-state index in [-0.39, 0.29) is 24.5 Å². The SMILES string of the molecule is C[C@H]1CN2C(=O)C(Cc3c[nH]c4cccc(Br)c34)NC(=O)[C@@H]2CO1. The van der Waals surface area contributed by atoms with Gasteiger partial charge in [0.15, 0.2) is 0 Å². The molecule has 2 aliphatic rings. The van der Waals surface area contributed by atoms with Gasteiger partial charge in [-0.1, -0.05) is 22.0 Å². The third-order valence-corrected chi connectivity index (χ3v) is 5.39. The molecule has 3 heterocycles. The van der Waals surface area contributed by atoms with Crippen LogP contribution in [0.3, 0.4) is 0 Å². The van der Waals surface area contributed by atoms with Gasteiger partial charge in [0.2, 0.25) is 11.8 Å². The molecule has 3 atom stereocenters. The first-order valence-electron chi connectivity index (χ1n) is 8.01. The maximum atomic E-state index is 12.8. The Labute approximate surface area is 147 Å². The number of carbonyl (C=O) groups is 2. The summed E-state index contributed by atoms with van der Waals surface area (Å²) in [6.45, 7) is 2.65. The fourth-order valence-electron chi connectivity index (χ4n) is 3.52. The number of halogens is 1. The molecule has 0 saturated carbocycles. The normalized spacial score (nSPS) is 27.2. The van der Waals surface area contributed by atoms with Gasteiger partial charge in [0.25, 0.3) is 0 Å². The predicted molar refractivity (Wildman–Crippen MR) is 92.5 cm³/mol. The average Bonchev–Trinajstić information content (AvgIpc) is 2.96. The number of ether oxygens (including phenoxy) is 1. The van der Waals surface area contributed by atoms with E-state index < -0.39 is 12.1 Å². The Bertz CT molecular complexity index is 819. The van der Waals surface area contributed by atoms with Gasteiger partial charge >= 0.3 is 0 Å². The highest BCUT2D eigenvalue weighted by Crippen LogP contribution is 2.28. The van der Waals surface area contributed by atoms with Crippen LogP contribution >= 0.6 is 15.9 Å². The monoisotopic (exact) mass is 391 g/mol. The molecule has 0 aliphatic carbocycles. The van der Waals surface area contributed by atoms with Gasteiger partial charge in [-0.25, -0.2) is 0 Å². The zero-order chi connectivity index (χ0) is 16.8. The molecule has 2 N–H and O–H groups in total. The van der Waals surface area contributed by atoms with Crippen LogP contribution in [-0.4, -0.2) is 53.0 Å². The van der Waals surface area contributed by atoms with E-state index >= 15 is 0 Å². The maximum absolute atomic E-state index is 12.8. The van der Waals surface area contributed by atoms with Gasteiger partial charge in [0, 0.05) is 34.5 Å². The van der Waals surface area contributed by atoms with Crippen LogP contribution in [0.4, 0.5) is 0 Å². The minimum Gasteiger partial charge on any atom is -0.374 e. The first-order valence-corrected chi connectivity index (χ1v) is 8.81. The van der Waals surface area contributed by atoms with Crippen LogP contribution in [0.1, 0.15) is 12.5 Å². The minimum absolute atomic E-state index is 0.0313. The zero-order valence-electron chi connectivity index (χ0n) is 13.2. The number of H-pyrrole nitrogens is 1. The lowest BCUT2D eigenvalue weighted by atomic mass is 9.99. The maximum Gasteiger partial charge on any atom is 0.246 e. The first-order chi connectivity index (χ1) is 11.5. The Morgan fingerprint density at radius 1 is 1.38 bits per heavy atom. The quantitative estimate of drug-likeness (QED) is 0.815. The van der Waals surface area contributed by atoms with E-state index in [2.05, 4.69) is 26.2 Å². The summed E-state index contributed by atoms with van der Waals surface area (Å²) in [4.78, 5) is 30.1. The summed E-state index contributed by atoms with van der Waals surface area (Å²) in [6, 6.07) is 4.88. The van der Waals surface area contributed by atoms with Crippen molar-refractivity contribution in [3.8, 4) is 0 Å². The Kier molecular flexibility index (Phi) is 3.85. The van der Waals surface area contributed by atoms with Gasteiger partial charge in [0.1, 0.15) is 12.1 Å². The molecule has 24 heavy (non-hydrogen) atoms. The Morgan fingerprint density at radius 3 is 3.04 bits per heavy atom. The van der Waals surface area contributed by atoms with Gasteiger partial charge in [-0.05, 0) is 24.6 Å². The summed E-state index contributed by atoms with van der Waals surface area (Å²) >= 11 is 3.56. The van der Waals surface area contributed by atoms with Gasteiger partial charge in [-0.3, -0.25) is 9.59 Å². The molecule has 1 unspecified atom stereocenters. The van der Waals surface area contributed by atoms with Crippen LogP contribution in [0.25, 0.3) is 10.9 Å². The number of aromatic amines is 1. The summed E-state index contributed by atoms with van der Waals surface area (Å²) in [5.41, 5.74) is 2.02. The summed E-state index contributed by atoms with van der Waals surface area (Å²) in [5.74, 6) is -0.165. The molecule has 2 saturated heterocycles. The molecule has 2 fully saturated rings. The number of aromatic nitrogens is 1. The first kappa shape index (κ1) is 15.7. The molecule has 2 aliphatic heterocycles. The number of amides is 2. The number of benzene rings is 1. The molecule has 0 radical (unpaired) electrons. The topological polar surface area (TPSA) is 74.4 Å². The number of morpholine rings is 1. The van der Waals surface area contributed by atoms with E-state index in [9.17, 15) is 9.59 Å². The van der Waals surface area contributed by atoms with E-state index in [4.69, 9.17) is 4.74 Å². The van der Waals surface area contributed by atoms with Crippen molar-refractivity contribution in [3.05, 3.63) is 34.4 Å². The lowest BCUT2D eigenvalue weighted by molar-refractivity contribution is -0.161. The van der Waals surface area contributed by atoms with Crippen molar-refractivity contribution >= 4 is 38.6 Å². The number of hydrogen-bond donors (Lipinski definition) is 2. The summed E-state index contributed by atoms with van der Waals surface area (Å²) in [5, 5.41) is 3.92. The second-order valence-corrected chi connectivity index (χ2v) is 7.25. The van der Waals surface area contributed by atoms with Crippen molar-refractivity contribution < 1.29 is 14.3 Å². The third kappa shape index (κ3) is 2.52. The summed E-state index contributed by atoms with van der Waals surface area (Å²) in [6.07, 6.45) is 2.33. The number of piperazine rings is 1. The van der Waals surface area contributed by atoms with Crippen LogP contribution in [0.15, 0.2) is 28.9 Å². The van der Waals surface area contributed by atoms with E-state index in [1.54, 1.807) is 4.90 Å². The second-order valence-electron chi connectivity index (χ2n) is 6.39. The van der Waals surface area contributed by atoms with Gasteiger partial charge < -0.3 is 19.9 Å². The fraction of sp³-hybridized carbons (Fsp3) is 0.412. The van der Waals surface area contributed by atoms with E-state index in [0.717, 1.165) is 20.9 Å². The molecule has 1 aromatic heterocycles. The largest absolute Gasteiger partial charge is 0.374 e. The second kappa shape index (κ2) is 5.89. The lowest BCUT2D eigenvalue weighted by Gasteiger charge is -2.43. The standard InChI is InChI=1S/C17H18BrN3O3/c1-9-7-21-14(8-24-9)16(22)20-13(17(21)23)5-10-6-19-12-4-2-3-11(18)15(10)12/h2-4,6,9,13-14,19H,5,7-8H2,1H3,(H,20,22)/t9-,13?,14-/m0/s1. The van der Waals surface area contributed by atoms with Gasteiger partial charge in [-0.15, -0.1) is 0 Å². The van der Waals surface area contributed by atoms with Crippen molar-refractivity contribution in [2.45, 2.75) is 31.5 Å². The Morgan fingerprint density at radius 2 is 2.21 bits per heavy atom.